The van der Waals surface area contributed by atoms with Gasteiger partial charge in [-0.15, -0.1) is 0 Å². The highest BCUT2D eigenvalue weighted by Gasteiger charge is 2.29. The number of carbonyl (C=O) groups is 1. The summed E-state index contributed by atoms with van der Waals surface area (Å²) in [7, 11) is 1.88. The number of benzene rings is 1. The number of carbonyl (C=O) groups excluding carboxylic acids is 1. The second kappa shape index (κ2) is 7.91. The smallest absolute Gasteiger partial charge is 0.330 e. The second-order valence-corrected chi connectivity index (χ2v) is 8.12. The Hall–Kier alpha value is -3.61. The molecule has 0 bridgehead atoms. The van der Waals surface area contributed by atoms with Gasteiger partial charge in [-0.05, 0) is 42.7 Å². The van der Waals surface area contributed by atoms with Crippen LogP contribution in [0.25, 0.3) is 11.2 Å². The van der Waals surface area contributed by atoms with Crippen LogP contribution in [-0.2, 0) is 13.6 Å². The van der Waals surface area contributed by atoms with Crippen LogP contribution in [0.5, 0.6) is 0 Å². The van der Waals surface area contributed by atoms with Gasteiger partial charge in [0.25, 0.3) is 5.91 Å². The van der Waals surface area contributed by atoms with E-state index in [1.54, 1.807) is 15.3 Å². The van der Waals surface area contributed by atoms with Gasteiger partial charge >= 0.3 is 5.69 Å². The van der Waals surface area contributed by atoms with Crippen molar-refractivity contribution in [3.8, 4) is 0 Å². The molecule has 1 atom stereocenters. The predicted molar refractivity (Wildman–Crippen MR) is 119 cm³/mol. The molecule has 31 heavy (non-hydrogen) atoms. The van der Waals surface area contributed by atoms with Crippen molar-refractivity contribution in [3.05, 3.63) is 88.7 Å². The summed E-state index contributed by atoms with van der Waals surface area (Å²) in [5, 5.41) is 0. The van der Waals surface area contributed by atoms with Gasteiger partial charge in [0, 0.05) is 32.5 Å². The molecule has 3 aromatic heterocycles. The number of fused-ring (bicyclic) bond motifs is 1. The molecule has 1 aromatic carbocycles. The number of amides is 1. The molecule has 1 aliphatic rings. The Morgan fingerprint density at radius 2 is 1.94 bits per heavy atom. The SMILES string of the molecule is Cn1cccc1C(=O)N1CCC[C@H](n2c(=O)n(Cc3ccccc3)c3cccnc32)C1. The van der Waals surface area contributed by atoms with Crippen LogP contribution < -0.4 is 5.69 Å². The molecule has 158 valence electrons. The maximum Gasteiger partial charge on any atom is 0.330 e. The van der Waals surface area contributed by atoms with Gasteiger partial charge < -0.3 is 9.47 Å². The molecule has 0 radical (unpaired) electrons. The van der Waals surface area contributed by atoms with Crippen LogP contribution in [0.15, 0.2) is 71.8 Å². The van der Waals surface area contributed by atoms with Gasteiger partial charge in [0.15, 0.2) is 5.65 Å². The van der Waals surface area contributed by atoms with Gasteiger partial charge in [-0.2, -0.15) is 0 Å². The first-order valence-electron chi connectivity index (χ1n) is 10.6. The average molecular weight is 415 g/mol. The van der Waals surface area contributed by atoms with E-state index in [4.69, 9.17) is 0 Å². The number of nitrogens with zero attached hydrogens (tertiary/aromatic N) is 5. The summed E-state index contributed by atoms with van der Waals surface area (Å²) >= 11 is 0. The molecule has 0 N–H and O–H groups in total. The Bertz CT molecular complexity index is 1280. The van der Waals surface area contributed by atoms with E-state index < -0.39 is 0 Å². The monoisotopic (exact) mass is 415 g/mol. The molecule has 5 rings (SSSR count). The molecule has 7 heteroatoms. The Labute approximate surface area is 180 Å². The van der Waals surface area contributed by atoms with Crippen LogP contribution in [0, 0.1) is 0 Å². The van der Waals surface area contributed by atoms with E-state index in [2.05, 4.69) is 4.98 Å². The number of rotatable bonds is 4. The van der Waals surface area contributed by atoms with Crippen molar-refractivity contribution >= 4 is 17.1 Å². The molecule has 1 fully saturated rings. The van der Waals surface area contributed by atoms with Crippen LogP contribution >= 0.6 is 0 Å². The molecule has 4 aromatic rings. The normalized spacial score (nSPS) is 16.7. The first kappa shape index (κ1) is 19.4. The van der Waals surface area contributed by atoms with Crippen LogP contribution in [0.2, 0.25) is 0 Å². The molecule has 0 saturated carbocycles. The lowest BCUT2D eigenvalue weighted by molar-refractivity contribution is 0.0669. The van der Waals surface area contributed by atoms with E-state index in [0.29, 0.717) is 31.0 Å². The summed E-state index contributed by atoms with van der Waals surface area (Å²) < 4.78 is 5.42. The molecule has 0 unspecified atom stereocenters. The highest BCUT2D eigenvalue weighted by molar-refractivity contribution is 5.92. The Kier molecular flexibility index (Phi) is 4.94. The number of likely N-dealkylation sites (tertiary alicyclic amines) is 1. The van der Waals surface area contributed by atoms with Gasteiger partial charge in [-0.25, -0.2) is 9.78 Å². The van der Waals surface area contributed by atoms with E-state index >= 15 is 0 Å². The standard InChI is InChI=1S/C24H25N5O2/c1-26-14-7-12-21(26)23(30)27-15-6-10-19(17-27)29-22-20(11-5-13-25-22)28(24(29)31)16-18-8-3-2-4-9-18/h2-5,7-9,11-14,19H,6,10,15-17H2,1H3/t19-/m0/s1. The summed E-state index contributed by atoms with van der Waals surface area (Å²) in [6, 6.07) is 17.4. The highest BCUT2D eigenvalue weighted by atomic mass is 16.2. The third-order valence-electron chi connectivity index (χ3n) is 6.12. The first-order chi connectivity index (χ1) is 15.1. The molecule has 0 spiro atoms. The number of pyridine rings is 1. The van der Waals surface area contributed by atoms with E-state index in [0.717, 1.165) is 23.9 Å². The minimum atomic E-state index is -0.0973. The molecule has 7 nitrogen and oxygen atoms in total. The van der Waals surface area contributed by atoms with E-state index in [1.807, 2.05) is 77.3 Å². The molecular weight excluding hydrogens is 390 g/mol. The van der Waals surface area contributed by atoms with Crippen molar-refractivity contribution < 1.29 is 4.79 Å². The number of piperidine rings is 1. The minimum Gasteiger partial charge on any atom is -0.347 e. The topological polar surface area (TPSA) is 65.1 Å². The fourth-order valence-corrected chi connectivity index (χ4v) is 4.55. The summed E-state index contributed by atoms with van der Waals surface area (Å²) in [4.78, 5) is 33.0. The third kappa shape index (κ3) is 3.46. The summed E-state index contributed by atoms with van der Waals surface area (Å²) in [5.74, 6) is 0.00577. The number of aryl methyl sites for hydroxylation is 1. The number of hydrogen-bond acceptors (Lipinski definition) is 3. The fourth-order valence-electron chi connectivity index (χ4n) is 4.55. The maximum atomic E-state index is 13.5. The Balaban J connectivity index is 1.51. The van der Waals surface area contributed by atoms with Gasteiger partial charge in [-0.1, -0.05) is 30.3 Å². The quantitative estimate of drug-likeness (QED) is 0.515. The molecule has 4 heterocycles. The average Bonchev–Trinajstić information content (AvgIpc) is 3.35. The number of imidazole rings is 1. The lowest BCUT2D eigenvalue weighted by Gasteiger charge is -2.33. The third-order valence-corrected chi connectivity index (χ3v) is 6.12. The zero-order valence-electron chi connectivity index (χ0n) is 17.5. The van der Waals surface area contributed by atoms with Crippen molar-refractivity contribution in [2.45, 2.75) is 25.4 Å². The molecule has 0 aliphatic carbocycles. The van der Waals surface area contributed by atoms with Gasteiger partial charge in [0.2, 0.25) is 0 Å². The largest absolute Gasteiger partial charge is 0.347 e. The highest BCUT2D eigenvalue weighted by Crippen LogP contribution is 2.25. The zero-order valence-corrected chi connectivity index (χ0v) is 17.5. The predicted octanol–water partition coefficient (Wildman–Crippen LogP) is 3.06. The van der Waals surface area contributed by atoms with E-state index in [1.165, 1.54) is 0 Å². The van der Waals surface area contributed by atoms with Crippen molar-refractivity contribution in [2.24, 2.45) is 7.05 Å². The summed E-state index contributed by atoms with van der Waals surface area (Å²) in [6.07, 6.45) is 5.30. The van der Waals surface area contributed by atoms with E-state index in [-0.39, 0.29) is 17.6 Å². The Morgan fingerprint density at radius 3 is 2.71 bits per heavy atom. The summed E-state index contributed by atoms with van der Waals surface area (Å²) in [6.45, 7) is 1.70. The van der Waals surface area contributed by atoms with Gasteiger partial charge in [0.1, 0.15) is 5.69 Å². The van der Waals surface area contributed by atoms with Crippen LogP contribution in [-0.4, -0.2) is 42.6 Å². The van der Waals surface area contributed by atoms with Crippen molar-refractivity contribution in [3.63, 3.8) is 0 Å². The number of hydrogen-bond donors (Lipinski definition) is 0. The minimum absolute atomic E-state index is 0.00577. The lowest BCUT2D eigenvalue weighted by Crippen LogP contribution is -2.43. The fraction of sp³-hybridized carbons (Fsp3) is 0.292. The van der Waals surface area contributed by atoms with Gasteiger partial charge in [0.05, 0.1) is 18.1 Å². The molecular formula is C24H25N5O2. The molecule has 1 aliphatic heterocycles. The zero-order chi connectivity index (χ0) is 21.4. The number of aromatic nitrogens is 4. The van der Waals surface area contributed by atoms with Crippen LogP contribution in [0.3, 0.4) is 0 Å². The molecule has 1 amide bonds. The van der Waals surface area contributed by atoms with E-state index in [9.17, 15) is 9.59 Å². The Morgan fingerprint density at radius 1 is 1.10 bits per heavy atom. The lowest BCUT2D eigenvalue weighted by atomic mass is 10.0. The van der Waals surface area contributed by atoms with Crippen LogP contribution in [0.4, 0.5) is 0 Å². The molecule has 1 saturated heterocycles. The van der Waals surface area contributed by atoms with Crippen molar-refractivity contribution in [2.75, 3.05) is 13.1 Å². The second-order valence-electron chi connectivity index (χ2n) is 8.12. The first-order valence-corrected chi connectivity index (χ1v) is 10.6. The summed E-state index contributed by atoms with van der Waals surface area (Å²) in [5.41, 5.74) is 3.16. The maximum absolute atomic E-state index is 13.5. The van der Waals surface area contributed by atoms with Gasteiger partial charge in [-0.3, -0.25) is 13.9 Å². The van der Waals surface area contributed by atoms with Crippen LogP contribution in [0.1, 0.15) is 34.9 Å². The van der Waals surface area contributed by atoms with Crippen molar-refractivity contribution in [1.82, 2.24) is 23.6 Å². The van der Waals surface area contributed by atoms with Crippen molar-refractivity contribution in [1.29, 1.82) is 0 Å².